The zero-order valence-electron chi connectivity index (χ0n) is 26.3. The van der Waals surface area contributed by atoms with Crippen molar-refractivity contribution in [2.45, 2.75) is 206 Å². The van der Waals surface area contributed by atoms with E-state index in [0.717, 1.165) is 0 Å². The van der Waals surface area contributed by atoms with E-state index in [-0.39, 0.29) is 0 Å². The first-order chi connectivity index (χ1) is 18.4. The quantitative estimate of drug-likeness (QED) is 0.0671. The lowest BCUT2D eigenvalue weighted by molar-refractivity contribution is 0.517. The van der Waals surface area contributed by atoms with Crippen LogP contribution in [0.2, 0.25) is 0 Å². The van der Waals surface area contributed by atoms with E-state index in [1.54, 1.807) is 0 Å². The fourth-order valence-electron chi connectivity index (χ4n) is 5.55. The van der Waals surface area contributed by atoms with Crippen LogP contribution in [0.4, 0.5) is 0 Å². The molecule has 0 bridgehead atoms. The molecule has 222 valence electrons. The molecule has 0 fully saturated rings. The van der Waals surface area contributed by atoms with E-state index in [9.17, 15) is 0 Å². The van der Waals surface area contributed by atoms with Gasteiger partial charge in [0.05, 0.1) is 0 Å². The van der Waals surface area contributed by atoms with E-state index in [0.29, 0.717) is 0 Å². The highest BCUT2D eigenvalue weighted by atomic mass is 14.8. The van der Waals surface area contributed by atoms with Gasteiger partial charge >= 0.3 is 0 Å². The molecule has 0 rings (SSSR count). The smallest absolute Gasteiger partial charge is 0.00489 e. The maximum Gasteiger partial charge on any atom is -0.00489 e. The normalized spacial score (nSPS) is 11.7. The van der Waals surface area contributed by atoms with E-state index in [1.165, 1.54) is 206 Å². The standard InChI is InChI=1S/C36H73N/c1-3-5-7-9-11-13-15-17-19-20-21-22-24-26-28-30-32-34-36-37-35-33-31-29-27-25-23-18-16-14-12-10-8-6-4-2/h3,5,37H,4,6-36H2,1-2H3. The third-order valence-electron chi connectivity index (χ3n) is 8.17. The first-order valence-corrected chi connectivity index (χ1v) is 17.7. The second-order valence-corrected chi connectivity index (χ2v) is 12.0. The van der Waals surface area contributed by atoms with Gasteiger partial charge in [0.25, 0.3) is 0 Å². The highest BCUT2D eigenvalue weighted by molar-refractivity contribution is 4.76. The number of rotatable bonds is 33. The number of hydrogen-bond acceptors (Lipinski definition) is 1. The van der Waals surface area contributed by atoms with Crippen molar-refractivity contribution >= 4 is 0 Å². The maximum atomic E-state index is 3.68. The summed E-state index contributed by atoms with van der Waals surface area (Å²) in [6.07, 6.45) is 47.9. The van der Waals surface area contributed by atoms with Gasteiger partial charge in [-0.1, -0.05) is 186 Å². The molecule has 0 aliphatic rings. The van der Waals surface area contributed by atoms with Gasteiger partial charge in [-0.25, -0.2) is 0 Å². The van der Waals surface area contributed by atoms with E-state index in [1.807, 2.05) is 0 Å². The Labute approximate surface area is 236 Å². The maximum absolute atomic E-state index is 3.68. The van der Waals surface area contributed by atoms with Gasteiger partial charge in [-0.2, -0.15) is 0 Å². The van der Waals surface area contributed by atoms with Crippen LogP contribution in [0.3, 0.4) is 0 Å². The van der Waals surface area contributed by atoms with E-state index >= 15 is 0 Å². The van der Waals surface area contributed by atoms with Crippen molar-refractivity contribution in [2.24, 2.45) is 0 Å². The number of hydrogen-bond donors (Lipinski definition) is 1. The van der Waals surface area contributed by atoms with Crippen molar-refractivity contribution in [3.8, 4) is 0 Å². The summed E-state index contributed by atoms with van der Waals surface area (Å²) in [6.45, 7) is 6.92. The van der Waals surface area contributed by atoms with Crippen LogP contribution >= 0.6 is 0 Å². The number of nitrogens with one attached hydrogen (secondary N) is 1. The predicted molar refractivity (Wildman–Crippen MR) is 172 cm³/mol. The molecule has 0 heterocycles. The molecule has 0 aromatic carbocycles. The van der Waals surface area contributed by atoms with Crippen molar-refractivity contribution in [3.05, 3.63) is 12.2 Å². The lowest BCUT2D eigenvalue weighted by Crippen LogP contribution is -2.16. The molecule has 0 aromatic heterocycles. The summed E-state index contributed by atoms with van der Waals surface area (Å²) in [7, 11) is 0. The van der Waals surface area contributed by atoms with Crippen LogP contribution in [0, 0.1) is 0 Å². The second-order valence-electron chi connectivity index (χ2n) is 12.0. The van der Waals surface area contributed by atoms with Gasteiger partial charge in [0.2, 0.25) is 0 Å². The van der Waals surface area contributed by atoms with Gasteiger partial charge in [-0.3, -0.25) is 0 Å². The number of unbranched alkanes of at least 4 members (excludes halogenated alkanes) is 28. The first-order valence-electron chi connectivity index (χ1n) is 17.7. The average Bonchev–Trinajstić information content (AvgIpc) is 2.91. The summed E-state index contributed by atoms with van der Waals surface area (Å²) in [5, 5.41) is 3.68. The molecule has 0 amide bonds. The minimum absolute atomic E-state index is 1.24. The fraction of sp³-hybridized carbons (Fsp3) is 0.944. The van der Waals surface area contributed by atoms with Gasteiger partial charge in [-0.15, -0.1) is 0 Å². The Kier molecular flexibility index (Phi) is 35.4. The van der Waals surface area contributed by atoms with Gasteiger partial charge in [0, 0.05) is 0 Å². The van der Waals surface area contributed by atoms with Gasteiger partial charge in [0.1, 0.15) is 0 Å². The third-order valence-corrected chi connectivity index (χ3v) is 8.17. The van der Waals surface area contributed by atoms with Crippen molar-refractivity contribution in [2.75, 3.05) is 13.1 Å². The minimum atomic E-state index is 1.24. The fourth-order valence-corrected chi connectivity index (χ4v) is 5.55. The lowest BCUT2D eigenvalue weighted by Gasteiger charge is -2.06. The highest BCUT2D eigenvalue weighted by Crippen LogP contribution is 2.14. The van der Waals surface area contributed by atoms with Crippen molar-refractivity contribution in [3.63, 3.8) is 0 Å². The van der Waals surface area contributed by atoms with Crippen molar-refractivity contribution in [1.82, 2.24) is 5.32 Å². The third kappa shape index (κ3) is 35.7. The largest absolute Gasteiger partial charge is 0.317 e. The van der Waals surface area contributed by atoms with Gasteiger partial charge < -0.3 is 5.32 Å². The Morgan fingerprint density at radius 3 is 0.919 bits per heavy atom. The van der Waals surface area contributed by atoms with Crippen LogP contribution in [0.15, 0.2) is 12.2 Å². The van der Waals surface area contributed by atoms with E-state index < -0.39 is 0 Å². The molecule has 0 spiro atoms. The second kappa shape index (κ2) is 35.7. The molecule has 0 atom stereocenters. The summed E-state index contributed by atoms with van der Waals surface area (Å²) < 4.78 is 0. The summed E-state index contributed by atoms with van der Waals surface area (Å²) >= 11 is 0. The molecule has 0 saturated carbocycles. The zero-order chi connectivity index (χ0) is 26.7. The van der Waals surface area contributed by atoms with Gasteiger partial charge in [-0.05, 0) is 45.7 Å². The molecular formula is C36H73N. The highest BCUT2D eigenvalue weighted by Gasteiger charge is 1.96. The van der Waals surface area contributed by atoms with Crippen molar-refractivity contribution in [1.29, 1.82) is 0 Å². The van der Waals surface area contributed by atoms with Crippen molar-refractivity contribution < 1.29 is 0 Å². The van der Waals surface area contributed by atoms with E-state index in [2.05, 4.69) is 31.3 Å². The topological polar surface area (TPSA) is 12.0 Å². The SMILES string of the molecule is CC=CCCCCCCCCCCCCCCCCCNCCCCCCCCCCCCCCCC. The summed E-state index contributed by atoms with van der Waals surface area (Å²) in [6, 6.07) is 0. The molecule has 1 N–H and O–H groups in total. The van der Waals surface area contributed by atoms with Gasteiger partial charge in [0.15, 0.2) is 0 Å². The van der Waals surface area contributed by atoms with Crippen LogP contribution in [-0.4, -0.2) is 13.1 Å². The minimum Gasteiger partial charge on any atom is -0.317 e. The monoisotopic (exact) mass is 520 g/mol. The summed E-state index contributed by atoms with van der Waals surface area (Å²) in [5.41, 5.74) is 0. The average molecular weight is 520 g/mol. The molecule has 1 nitrogen and oxygen atoms in total. The molecule has 37 heavy (non-hydrogen) atoms. The Hall–Kier alpha value is -0.300. The molecule has 0 aliphatic heterocycles. The van der Waals surface area contributed by atoms with E-state index in [4.69, 9.17) is 0 Å². The van der Waals surface area contributed by atoms with Crippen LogP contribution in [-0.2, 0) is 0 Å². The van der Waals surface area contributed by atoms with Crippen LogP contribution < -0.4 is 5.32 Å². The van der Waals surface area contributed by atoms with Crippen LogP contribution in [0.25, 0.3) is 0 Å². The Bertz CT molecular complexity index is 401. The molecule has 0 aliphatic carbocycles. The molecule has 0 radical (unpaired) electrons. The lowest BCUT2D eigenvalue weighted by atomic mass is 10.0. The Morgan fingerprint density at radius 1 is 0.351 bits per heavy atom. The predicted octanol–water partition coefficient (Wildman–Crippen LogP) is 12.9. The summed E-state index contributed by atoms with van der Waals surface area (Å²) in [5.74, 6) is 0. The molecule has 1 heteroatoms. The zero-order valence-corrected chi connectivity index (χ0v) is 26.3. The Morgan fingerprint density at radius 2 is 0.622 bits per heavy atom. The molecule has 0 aromatic rings. The van der Waals surface area contributed by atoms with Crippen LogP contribution in [0.1, 0.15) is 206 Å². The summed E-state index contributed by atoms with van der Waals surface area (Å²) in [4.78, 5) is 0. The molecule has 0 unspecified atom stereocenters. The van der Waals surface area contributed by atoms with Crippen LogP contribution in [0.5, 0.6) is 0 Å². The molecular weight excluding hydrogens is 446 g/mol. The Balaban J connectivity index is 3.01. The first kappa shape index (κ1) is 36.7. The molecule has 0 saturated heterocycles. The number of allylic oxidation sites excluding steroid dienone is 2.